The van der Waals surface area contributed by atoms with Gasteiger partial charge in [-0.05, 0) is 60.4 Å². The van der Waals surface area contributed by atoms with E-state index in [1.165, 1.54) is 49.6 Å². The first-order chi connectivity index (χ1) is 13.4. The quantitative estimate of drug-likeness (QED) is 0.328. The zero-order valence-electron chi connectivity index (χ0n) is 17.3. The number of nitrogens with zero attached hydrogens (tertiary/aromatic N) is 1. The summed E-state index contributed by atoms with van der Waals surface area (Å²) in [6, 6.07) is 17.7. The Kier molecular flexibility index (Phi) is 3.74. The maximum absolute atomic E-state index is 6.43. The van der Waals surface area contributed by atoms with E-state index < -0.39 is 0 Å². The molecule has 0 aliphatic carbocycles. The molecule has 0 bridgehead atoms. The highest BCUT2D eigenvalue weighted by atomic mass is 16.5. The number of aromatic nitrogens is 1. The monoisotopic (exact) mass is 368 g/mol. The Morgan fingerprint density at radius 3 is 2.54 bits per heavy atom. The molecule has 0 spiro atoms. The van der Waals surface area contributed by atoms with E-state index in [0.717, 1.165) is 17.9 Å². The first kappa shape index (κ1) is 17.2. The van der Waals surface area contributed by atoms with Gasteiger partial charge in [0.2, 0.25) is 5.52 Å². The van der Waals surface area contributed by atoms with E-state index in [1.54, 1.807) is 0 Å². The van der Waals surface area contributed by atoms with Crippen LogP contribution in [0.5, 0.6) is 11.5 Å². The van der Waals surface area contributed by atoms with Crippen molar-refractivity contribution in [1.82, 2.24) is 0 Å². The minimum Gasteiger partial charge on any atom is -0.450 e. The SMILES string of the molecule is Cc1cc2cccc3c2c(c1C)-c1c(cc2cc(CC(C)C)ccc2[n+]1C)O3. The van der Waals surface area contributed by atoms with Crippen LogP contribution in [0.4, 0.5) is 0 Å². The molecule has 0 amide bonds. The second kappa shape index (κ2) is 6.07. The van der Waals surface area contributed by atoms with Gasteiger partial charge < -0.3 is 4.74 Å². The van der Waals surface area contributed by atoms with Crippen molar-refractivity contribution in [3.05, 3.63) is 65.2 Å². The molecule has 0 fully saturated rings. The van der Waals surface area contributed by atoms with Gasteiger partial charge in [0.1, 0.15) is 12.8 Å². The number of benzene rings is 3. The van der Waals surface area contributed by atoms with Gasteiger partial charge in [-0.15, -0.1) is 0 Å². The molecule has 28 heavy (non-hydrogen) atoms. The first-order valence-electron chi connectivity index (χ1n) is 10.1. The number of rotatable bonds is 2. The Labute approximate surface area is 166 Å². The molecule has 1 aromatic heterocycles. The molecular weight excluding hydrogens is 342 g/mol. The van der Waals surface area contributed by atoms with Crippen molar-refractivity contribution in [1.29, 1.82) is 0 Å². The summed E-state index contributed by atoms with van der Waals surface area (Å²) >= 11 is 0. The molecule has 0 N–H and O–H groups in total. The lowest BCUT2D eigenvalue weighted by Gasteiger charge is -2.22. The van der Waals surface area contributed by atoms with Crippen LogP contribution >= 0.6 is 0 Å². The number of pyridine rings is 1. The van der Waals surface area contributed by atoms with E-state index >= 15 is 0 Å². The highest BCUT2D eigenvalue weighted by molar-refractivity contribution is 6.05. The highest BCUT2D eigenvalue weighted by Gasteiger charge is 2.31. The molecule has 0 unspecified atom stereocenters. The van der Waals surface area contributed by atoms with Crippen LogP contribution in [-0.4, -0.2) is 0 Å². The largest absolute Gasteiger partial charge is 0.450 e. The van der Waals surface area contributed by atoms with Crippen molar-refractivity contribution < 1.29 is 9.30 Å². The Morgan fingerprint density at radius 2 is 1.75 bits per heavy atom. The Balaban J connectivity index is 1.85. The number of aryl methyl sites for hydroxylation is 2. The molecule has 1 aliphatic rings. The van der Waals surface area contributed by atoms with Gasteiger partial charge in [-0.2, -0.15) is 4.57 Å². The summed E-state index contributed by atoms with van der Waals surface area (Å²) in [5.74, 6) is 2.56. The summed E-state index contributed by atoms with van der Waals surface area (Å²) in [4.78, 5) is 0. The normalized spacial score (nSPS) is 12.5. The molecule has 2 heteroatoms. The molecule has 140 valence electrons. The fourth-order valence-corrected chi connectivity index (χ4v) is 4.65. The summed E-state index contributed by atoms with van der Waals surface area (Å²) < 4.78 is 8.74. The minimum atomic E-state index is 0.648. The van der Waals surface area contributed by atoms with Crippen LogP contribution in [0.2, 0.25) is 0 Å². The van der Waals surface area contributed by atoms with E-state index in [2.05, 4.69) is 87.8 Å². The highest BCUT2D eigenvalue weighted by Crippen LogP contribution is 2.47. The van der Waals surface area contributed by atoms with E-state index in [1.807, 2.05) is 0 Å². The smallest absolute Gasteiger partial charge is 0.256 e. The van der Waals surface area contributed by atoms with Gasteiger partial charge in [0, 0.05) is 17.5 Å². The molecule has 2 nitrogen and oxygen atoms in total. The average molecular weight is 369 g/mol. The summed E-state index contributed by atoms with van der Waals surface area (Å²) in [5.41, 5.74) is 7.75. The van der Waals surface area contributed by atoms with Crippen molar-refractivity contribution in [3.63, 3.8) is 0 Å². The van der Waals surface area contributed by atoms with Crippen LogP contribution in [-0.2, 0) is 13.5 Å². The lowest BCUT2D eigenvalue weighted by Crippen LogP contribution is -2.33. The Morgan fingerprint density at radius 1 is 0.929 bits per heavy atom. The van der Waals surface area contributed by atoms with Crippen molar-refractivity contribution >= 4 is 21.7 Å². The number of hydrogen-bond acceptors (Lipinski definition) is 1. The summed E-state index contributed by atoms with van der Waals surface area (Å²) in [7, 11) is 2.16. The van der Waals surface area contributed by atoms with Gasteiger partial charge in [-0.25, -0.2) is 0 Å². The molecular formula is C26H26NO+. The van der Waals surface area contributed by atoms with Gasteiger partial charge in [0.25, 0.3) is 5.69 Å². The average Bonchev–Trinajstić information content (AvgIpc) is 2.64. The van der Waals surface area contributed by atoms with Crippen molar-refractivity contribution in [2.75, 3.05) is 0 Å². The second-order valence-electron chi connectivity index (χ2n) is 8.56. The van der Waals surface area contributed by atoms with E-state index in [4.69, 9.17) is 4.74 Å². The molecule has 0 saturated carbocycles. The van der Waals surface area contributed by atoms with Gasteiger partial charge in [0.05, 0.1) is 10.9 Å². The third-order valence-electron chi connectivity index (χ3n) is 6.06. The topological polar surface area (TPSA) is 13.1 Å². The molecule has 4 aromatic rings. The molecule has 0 saturated heterocycles. The summed E-state index contributed by atoms with van der Waals surface area (Å²) in [6.07, 6.45) is 1.10. The molecule has 0 atom stereocenters. The van der Waals surface area contributed by atoms with E-state index in [9.17, 15) is 0 Å². The number of fused-ring (bicyclic) bond motifs is 3. The van der Waals surface area contributed by atoms with Crippen LogP contribution in [0.1, 0.15) is 30.5 Å². The first-order valence-corrected chi connectivity index (χ1v) is 10.1. The third-order valence-corrected chi connectivity index (χ3v) is 6.06. The fraction of sp³-hybridized carbons (Fsp3) is 0.269. The van der Waals surface area contributed by atoms with Crippen LogP contribution in [0.3, 0.4) is 0 Å². The van der Waals surface area contributed by atoms with Crippen molar-refractivity contribution in [3.8, 4) is 22.8 Å². The fourth-order valence-electron chi connectivity index (χ4n) is 4.65. The lowest BCUT2D eigenvalue weighted by molar-refractivity contribution is -0.633. The standard InChI is InChI=1S/C26H26NO/c1-15(2)11-18-9-10-21-20(13-18)14-23-26(27(21)5)24-17(4)16(3)12-19-7-6-8-22(28-23)25(19)24/h6-10,12-15H,11H2,1-5H3/q+1. The predicted octanol–water partition coefficient (Wildman–Crippen LogP) is 6.41. The summed E-state index contributed by atoms with van der Waals surface area (Å²) in [5, 5.41) is 3.71. The van der Waals surface area contributed by atoms with Crippen molar-refractivity contribution in [2.45, 2.75) is 34.1 Å². The lowest BCUT2D eigenvalue weighted by atomic mass is 9.90. The molecule has 2 heterocycles. The van der Waals surface area contributed by atoms with Crippen LogP contribution in [0, 0.1) is 19.8 Å². The van der Waals surface area contributed by atoms with E-state index in [0.29, 0.717) is 5.92 Å². The maximum atomic E-state index is 6.43. The van der Waals surface area contributed by atoms with E-state index in [-0.39, 0.29) is 0 Å². The summed E-state index contributed by atoms with van der Waals surface area (Å²) in [6.45, 7) is 8.96. The zero-order valence-corrected chi connectivity index (χ0v) is 17.3. The Hall–Kier alpha value is -2.87. The van der Waals surface area contributed by atoms with Crippen molar-refractivity contribution in [2.24, 2.45) is 13.0 Å². The van der Waals surface area contributed by atoms with Gasteiger partial charge in [-0.3, -0.25) is 0 Å². The second-order valence-corrected chi connectivity index (χ2v) is 8.56. The third kappa shape index (κ3) is 2.44. The van der Waals surface area contributed by atoms with Gasteiger partial charge in [-0.1, -0.05) is 38.1 Å². The number of hydrogen-bond donors (Lipinski definition) is 0. The molecule has 5 rings (SSSR count). The Bertz CT molecular complexity index is 1270. The zero-order chi connectivity index (χ0) is 19.6. The maximum Gasteiger partial charge on any atom is 0.256 e. The van der Waals surface area contributed by atoms with Crippen LogP contribution in [0.15, 0.2) is 48.5 Å². The number of ether oxygens (including phenoxy) is 1. The van der Waals surface area contributed by atoms with Crippen LogP contribution in [0.25, 0.3) is 32.9 Å². The minimum absolute atomic E-state index is 0.648. The molecule has 0 radical (unpaired) electrons. The van der Waals surface area contributed by atoms with Gasteiger partial charge in [0.15, 0.2) is 5.75 Å². The molecule has 3 aromatic carbocycles. The predicted molar refractivity (Wildman–Crippen MR) is 116 cm³/mol. The molecule has 1 aliphatic heterocycles. The van der Waals surface area contributed by atoms with Gasteiger partial charge >= 0.3 is 0 Å². The van der Waals surface area contributed by atoms with Crippen LogP contribution < -0.4 is 9.30 Å².